The number of hydrogen-bond acceptors (Lipinski definition) is 3. The Morgan fingerprint density at radius 1 is 0.793 bits per heavy atom. The minimum absolute atomic E-state index is 0.0542. The standard InChI is InChI=1S/C23H21N3O2S/c27-29(28,18-19-10-4-1-5-11-19)24-16-21-17-26(22-14-8-3-9-15-22)25-23(21)20-12-6-2-7-13-20/h1-15,17,24H,16,18H2. The van der Waals surface area contributed by atoms with Crippen LogP contribution in [0, 0.1) is 0 Å². The number of benzene rings is 3. The summed E-state index contributed by atoms with van der Waals surface area (Å²) in [6.45, 7) is 0.173. The average Bonchev–Trinajstić information content (AvgIpc) is 3.19. The number of hydrogen-bond donors (Lipinski definition) is 1. The fourth-order valence-electron chi connectivity index (χ4n) is 3.12. The van der Waals surface area contributed by atoms with Gasteiger partial charge in [-0.3, -0.25) is 0 Å². The SMILES string of the molecule is O=S(=O)(Cc1ccccc1)NCc1cn(-c2ccccc2)nc1-c1ccccc1. The summed E-state index contributed by atoms with van der Waals surface area (Å²) in [5.74, 6) is -0.0542. The van der Waals surface area contributed by atoms with E-state index in [0.29, 0.717) is 0 Å². The van der Waals surface area contributed by atoms with E-state index in [9.17, 15) is 8.42 Å². The molecule has 0 spiro atoms. The monoisotopic (exact) mass is 403 g/mol. The first-order valence-electron chi connectivity index (χ1n) is 9.31. The molecule has 5 nitrogen and oxygen atoms in total. The van der Waals surface area contributed by atoms with Crippen molar-refractivity contribution in [3.05, 3.63) is 108 Å². The highest BCUT2D eigenvalue weighted by molar-refractivity contribution is 7.88. The lowest BCUT2D eigenvalue weighted by molar-refractivity contribution is 0.580. The highest BCUT2D eigenvalue weighted by Gasteiger charge is 2.16. The van der Waals surface area contributed by atoms with E-state index >= 15 is 0 Å². The van der Waals surface area contributed by atoms with Gasteiger partial charge in [0.1, 0.15) is 0 Å². The van der Waals surface area contributed by atoms with Crippen LogP contribution in [0.15, 0.2) is 97.2 Å². The van der Waals surface area contributed by atoms with Crippen LogP contribution in [0.2, 0.25) is 0 Å². The van der Waals surface area contributed by atoms with Crippen LogP contribution in [0.1, 0.15) is 11.1 Å². The first kappa shape index (κ1) is 19.1. The maximum atomic E-state index is 12.6. The average molecular weight is 404 g/mol. The van der Waals surface area contributed by atoms with Gasteiger partial charge in [0.25, 0.3) is 0 Å². The van der Waals surface area contributed by atoms with Crippen LogP contribution >= 0.6 is 0 Å². The van der Waals surface area contributed by atoms with Gasteiger partial charge in [-0.05, 0) is 17.7 Å². The second-order valence-corrected chi connectivity index (χ2v) is 8.52. The van der Waals surface area contributed by atoms with E-state index < -0.39 is 10.0 Å². The molecule has 146 valence electrons. The minimum atomic E-state index is -3.47. The lowest BCUT2D eigenvalue weighted by atomic mass is 10.1. The smallest absolute Gasteiger partial charge is 0.216 e. The molecule has 1 aromatic heterocycles. The van der Waals surface area contributed by atoms with E-state index in [2.05, 4.69) is 4.72 Å². The van der Waals surface area contributed by atoms with Gasteiger partial charge in [0, 0.05) is 23.9 Å². The van der Waals surface area contributed by atoms with Gasteiger partial charge in [-0.1, -0.05) is 78.9 Å². The number of aromatic nitrogens is 2. The summed E-state index contributed by atoms with van der Waals surface area (Å²) in [6.07, 6.45) is 1.88. The zero-order valence-electron chi connectivity index (χ0n) is 15.8. The molecule has 0 fully saturated rings. The van der Waals surface area contributed by atoms with Crippen molar-refractivity contribution in [3.8, 4) is 16.9 Å². The molecule has 0 amide bonds. The second-order valence-electron chi connectivity index (χ2n) is 6.71. The summed E-state index contributed by atoms with van der Waals surface area (Å²) in [4.78, 5) is 0. The topological polar surface area (TPSA) is 64.0 Å². The normalized spacial score (nSPS) is 11.4. The molecule has 0 radical (unpaired) electrons. The van der Waals surface area contributed by atoms with Crippen molar-refractivity contribution in [1.29, 1.82) is 0 Å². The van der Waals surface area contributed by atoms with E-state index in [4.69, 9.17) is 5.10 Å². The van der Waals surface area contributed by atoms with Gasteiger partial charge in [0.05, 0.1) is 17.1 Å². The second kappa shape index (κ2) is 8.43. The van der Waals surface area contributed by atoms with Gasteiger partial charge in [-0.15, -0.1) is 0 Å². The van der Waals surface area contributed by atoms with Gasteiger partial charge in [0.15, 0.2) is 0 Å². The highest BCUT2D eigenvalue weighted by Crippen LogP contribution is 2.24. The maximum absolute atomic E-state index is 12.6. The third kappa shape index (κ3) is 4.80. The summed E-state index contributed by atoms with van der Waals surface area (Å²) < 4.78 is 29.6. The third-order valence-corrected chi connectivity index (χ3v) is 5.84. The van der Waals surface area contributed by atoms with Gasteiger partial charge < -0.3 is 0 Å². The minimum Gasteiger partial charge on any atom is -0.240 e. The van der Waals surface area contributed by atoms with E-state index in [1.165, 1.54) is 0 Å². The molecule has 0 saturated carbocycles. The number of rotatable bonds is 7. The van der Waals surface area contributed by atoms with Crippen molar-refractivity contribution in [2.45, 2.75) is 12.3 Å². The van der Waals surface area contributed by atoms with E-state index in [-0.39, 0.29) is 12.3 Å². The quantitative estimate of drug-likeness (QED) is 0.504. The lowest BCUT2D eigenvalue weighted by Crippen LogP contribution is -2.24. The Kier molecular flexibility index (Phi) is 5.55. The molecular weight excluding hydrogens is 382 g/mol. The number of nitrogens with zero attached hydrogens (tertiary/aromatic N) is 2. The van der Waals surface area contributed by atoms with Crippen LogP contribution in [0.5, 0.6) is 0 Å². The fourth-order valence-corrected chi connectivity index (χ4v) is 4.23. The molecule has 0 saturated heterocycles. The van der Waals surface area contributed by atoms with E-state index in [1.54, 1.807) is 4.68 Å². The molecule has 0 aliphatic heterocycles. The summed E-state index contributed by atoms with van der Waals surface area (Å²) in [6, 6.07) is 28.7. The molecule has 0 aliphatic rings. The van der Waals surface area contributed by atoms with Gasteiger partial charge >= 0.3 is 0 Å². The Labute approximate surface area is 170 Å². The van der Waals surface area contributed by atoms with Crippen LogP contribution in [-0.4, -0.2) is 18.2 Å². The zero-order valence-corrected chi connectivity index (χ0v) is 16.6. The number of para-hydroxylation sites is 1. The number of nitrogens with one attached hydrogen (secondary N) is 1. The molecule has 6 heteroatoms. The van der Waals surface area contributed by atoms with Crippen LogP contribution in [-0.2, 0) is 22.3 Å². The maximum Gasteiger partial charge on any atom is 0.216 e. The Balaban J connectivity index is 1.61. The molecule has 1 N–H and O–H groups in total. The van der Waals surface area contributed by atoms with Gasteiger partial charge in [-0.25, -0.2) is 17.8 Å². The van der Waals surface area contributed by atoms with Crippen molar-refractivity contribution < 1.29 is 8.42 Å². The fraction of sp³-hybridized carbons (Fsp3) is 0.0870. The molecule has 1 heterocycles. The molecule has 4 aromatic rings. The predicted octanol–water partition coefficient (Wildman–Crippen LogP) is 4.16. The van der Waals surface area contributed by atoms with Crippen molar-refractivity contribution in [2.24, 2.45) is 0 Å². The Hall–Kier alpha value is -3.22. The van der Waals surface area contributed by atoms with Crippen molar-refractivity contribution >= 4 is 10.0 Å². The van der Waals surface area contributed by atoms with Crippen LogP contribution < -0.4 is 4.72 Å². The molecular formula is C23H21N3O2S. The Morgan fingerprint density at radius 2 is 1.38 bits per heavy atom. The Bertz CT molecular complexity index is 1170. The molecule has 3 aromatic carbocycles. The van der Waals surface area contributed by atoms with Crippen LogP contribution in [0.25, 0.3) is 16.9 Å². The van der Waals surface area contributed by atoms with Crippen LogP contribution in [0.3, 0.4) is 0 Å². The molecule has 4 rings (SSSR count). The van der Waals surface area contributed by atoms with Gasteiger partial charge in [-0.2, -0.15) is 5.10 Å². The lowest BCUT2D eigenvalue weighted by Gasteiger charge is -2.07. The molecule has 0 atom stereocenters. The van der Waals surface area contributed by atoms with Crippen LogP contribution in [0.4, 0.5) is 0 Å². The predicted molar refractivity (Wildman–Crippen MR) is 115 cm³/mol. The van der Waals surface area contributed by atoms with Gasteiger partial charge in [0.2, 0.25) is 10.0 Å². The zero-order chi connectivity index (χ0) is 20.1. The highest BCUT2D eigenvalue weighted by atomic mass is 32.2. The number of sulfonamides is 1. The van der Waals surface area contributed by atoms with Crippen molar-refractivity contribution in [3.63, 3.8) is 0 Å². The summed E-state index contributed by atoms with van der Waals surface area (Å²) in [5, 5.41) is 4.72. The first-order chi connectivity index (χ1) is 14.1. The van der Waals surface area contributed by atoms with Crippen molar-refractivity contribution in [1.82, 2.24) is 14.5 Å². The van der Waals surface area contributed by atoms with E-state index in [0.717, 1.165) is 28.1 Å². The molecule has 0 bridgehead atoms. The summed E-state index contributed by atoms with van der Waals surface area (Å²) in [5.41, 5.74) is 4.19. The van der Waals surface area contributed by atoms with E-state index in [1.807, 2.05) is 97.2 Å². The first-order valence-corrected chi connectivity index (χ1v) is 11.0. The summed E-state index contributed by atoms with van der Waals surface area (Å²) >= 11 is 0. The molecule has 0 aliphatic carbocycles. The van der Waals surface area contributed by atoms with Crippen molar-refractivity contribution in [2.75, 3.05) is 0 Å². The summed E-state index contributed by atoms with van der Waals surface area (Å²) in [7, 11) is -3.47. The third-order valence-electron chi connectivity index (χ3n) is 4.54. The largest absolute Gasteiger partial charge is 0.240 e. The molecule has 29 heavy (non-hydrogen) atoms. The molecule has 0 unspecified atom stereocenters. The Morgan fingerprint density at radius 3 is 2.03 bits per heavy atom.